The van der Waals surface area contributed by atoms with E-state index in [1.807, 2.05) is 0 Å². The van der Waals surface area contributed by atoms with E-state index in [9.17, 15) is 22.7 Å². The predicted octanol–water partition coefficient (Wildman–Crippen LogP) is 3.93. The molecule has 0 radical (unpaired) electrons. The van der Waals surface area contributed by atoms with E-state index in [4.69, 9.17) is 0 Å². The zero-order valence-electron chi connectivity index (χ0n) is 9.96. The number of hydrogen-bond acceptors (Lipinski definition) is 2. The fourth-order valence-corrected chi connectivity index (χ4v) is 3.37. The van der Waals surface area contributed by atoms with Gasteiger partial charge >= 0.3 is 0 Å². The fourth-order valence-electron chi connectivity index (χ4n) is 2.26. The second-order valence-corrected chi connectivity index (χ2v) is 5.41. The Bertz CT molecular complexity index is 702. The largest absolute Gasteiger partial charge is 0.384 e. The van der Waals surface area contributed by atoms with Crippen LogP contribution in [-0.2, 0) is 5.75 Å². The molecule has 1 nitrogen and oxygen atoms in total. The highest BCUT2D eigenvalue weighted by molar-refractivity contribution is 7.98. The molecular weight excluding hydrogens is 292 g/mol. The van der Waals surface area contributed by atoms with Gasteiger partial charge in [0.15, 0.2) is 11.6 Å². The average Bonchev–Trinajstić information content (AvgIpc) is 2.53. The first-order valence-electron chi connectivity index (χ1n) is 5.75. The number of aliphatic hydroxyl groups is 1. The van der Waals surface area contributed by atoms with Gasteiger partial charge in [-0.1, -0.05) is 6.07 Å². The number of halogens is 4. The van der Waals surface area contributed by atoms with Gasteiger partial charge < -0.3 is 5.11 Å². The number of hydrogen-bond donors (Lipinski definition) is 1. The highest BCUT2D eigenvalue weighted by Crippen LogP contribution is 2.42. The van der Waals surface area contributed by atoms with Crippen LogP contribution in [0.5, 0.6) is 0 Å². The maximum atomic E-state index is 13.8. The van der Waals surface area contributed by atoms with Crippen LogP contribution in [0.15, 0.2) is 29.2 Å². The summed E-state index contributed by atoms with van der Waals surface area (Å²) in [7, 11) is 0. The van der Waals surface area contributed by atoms with Gasteiger partial charge in [-0.15, -0.1) is 11.8 Å². The fraction of sp³-hybridized carbons (Fsp3) is 0.143. The van der Waals surface area contributed by atoms with E-state index in [1.54, 1.807) is 0 Å². The number of fused-ring (bicyclic) bond motifs is 2. The molecule has 2 aromatic carbocycles. The van der Waals surface area contributed by atoms with Gasteiger partial charge in [-0.25, -0.2) is 17.6 Å². The third-order valence-corrected chi connectivity index (χ3v) is 4.37. The van der Waals surface area contributed by atoms with Crippen molar-refractivity contribution in [2.75, 3.05) is 0 Å². The normalized spacial score (nSPS) is 17.4. The van der Waals surface area contributed by atoms with Crippen molar-refractivity contribution in [1.29, 1.82) is 0 Å². The molecule has 20 heavy (non-hydrogen) atoms. The van der Waals surface area contributed by atoms with E-state index in [0.717, 1.165) is 23.9 Å². The molecule has 0 spiro atoms. The van der Waals surface area contributed by atoms with Crippen molar-refractivity contribution in [3.63, 3.8) is 0 Å². The van der Waals surface area contributed by atoms with Crippen molar-refractivity contribution in [3.05, 3.63) is 64.2 Å². The van der Waals surface area contributed by atoms with Gasteiger partial charge in [0.05, 0.1) is 0 Å². The van der Waals surface area contributed by atoms with Crippen LogP contribution in [0.2, 0.25) is 0 Å². The molecule has 0 amide bonds. The molecule has 6 heteroatoms. The molecule has 1 N–H and O–H groups in total. The standard InChI is InChI=1S/C14H8F4OS/c15-6-3-8-13(19)7-1-2-10(16)12(18)9(7)5-20-14(8)11(17)4-6/h1-4,13,19H,5H2. The molecule has 1 aliphatic heterocycles. The van der Waals surface area contributed by atoms with Crippen molar-refractivity contribution >= 4 is 11.8 Å². The summed E-state index contributed by atoms with van der Waals surface area (Å²) in [5.74, 6) is -3.78. The minimum atomic E-state index is -1.39. The zero-order valence-corrected chi connectivity index (χ0v) is 10.8. The Labute approximate surface area is 116 Å². The third-order valence-electron chi connectivity index (χ3n) is 3.22. The highest BCUT2D eigenvalue weighted by atomic mass is 32.2. The smallest absolute Gasteiger partial charge is 0.163 e. The molecule has 0 bridgehead atoms. The summed E-state index contributed by atoms with van der Waals surface area (Å²) >= 11 is 0.906. The van der Waals surface area contributed by atoms with Crippen molar-refractivity contribution in [2.45, 2.75) is 16.8 Å². The third kappa shape index (κ3) is 1.99. The van der Waals surface area contributed by atoms with E-state index in [2.05, 4.69) is 0 Å². The summed E-state index contributed by atoms with van der Waals surface area (Å²) in [5.41, 5.74) is 0.121. The molecule has 1 unspecified atom stereocenters. The Morgan fingerprint density at radius 3 is 2.50 bits per heavy atom. The van der Waals surface area contributed by atoms with Crippen LogP contribution in [-0.4, -0.2) is 5.11 Å². The minimum absolute atomic E-state index is 0.0252. The molecule has 1 aliphatic rings. The van der Waals surface area contributed by atoms with Crippen LogP contribution < -0.4 is 0 Å². The van der Waals surface area contributed by atoms with Gasteiger partial charge in [-0.05, 0) is 17.7 Å². The molecule has 0 aromatic heterocycles. The summed E-state index contributed by atoms with van der Waals surface area (Å²) in [4.78, 5) is 0.0508. The highest BCUT2D eigenvalue weighted by Gasteiger charge is 2.28. The van der Waals surface area contributed by atoms with Crippen LogP contribution in [0.25, 0.3) is 0 Å². The van der Waals surface area contributed by atoms with Gasteiger partial charge in [0.2, 0.25) is 0 Å². The second-order valence-electron chi connectivity index (χ2n) is 4.43. The lowest BCUT2D eigenvalue weighted by atomic mass is 9.97. The molecule has 3 rings (SSSR count). The van der Waals surface area contributed by atoms with Crippen LogP contribution in [0.3, 0.4) is 0 Å². The Balaban J connectivity index is 2.24. The minimum Gasteiger partial charge on any atom is -0.384 e. The second kappa shape index (κ2) is 4.79. The molecule has 104 valence electrons. The lowest BCUT2D eigenvalue weighted by Crippen LogP contribution is -2.06. The quantitative estimate of drug-likeness (QED) is 0.744. The van der Waals surface area contributed by atoms with Crippen molar-refractivity contribution in [2.24, 2.45) is 0 Å². The van der Waals surface area contributed by atoms with Gasteiger partial charge in [0.25, 0.3) is 0 Å². The molecule has 1 atom stereocenters. The predicted molar refractivity (Wildman–Crippen MR) is 66.3 cm³/mol. The topological polar surface area (TPSA) is 20.2 Å². The van der Waals surface area contributed by atoms with Crippen molar-refractivity contribution < 1.29 is 22.7 Å². The molecular formula is C14H8F4OS. The average molecular weight is 300 g/mol. The SMILES string of the molecule is OC1c2ccc(F)c(F)c2CSc2c(F)cc(F)cc21. The molecule has 0 aliphatic carbocycles. The van der Waals surface area contributed by atoms with E-state index < -0.39 is 29.4 Å². The number of rotatable bonds is 0. The monoisotopic (exact) mass is 300 g/mol. The van der Waals surface area contributed by atoms with Crippen LogP contribution in [0, 0.1) is 23.3 Å². The zero-order chi connectivity index (χ0) is 14.4. The lowest BCUT2D eigenvalue weighted by Gasteiger charge is -2.14. The molecule has 1 heterocycles. The van der Waals surface area contributed by atoms with Crippen molar-refractivity contribution in [1.82, 2.24) is 0 Å². The van der Waals surface area contributed by atoms with E-state index in [-0.39, 0.29) is 27.3 Å². The first-order valence-corrected chi connectivity index (χ1v) is 6.74. The van der Waals surface area contributed by atoms with Crippen LogP contribution >= 0.6 is 11.8 Å². The number of benzene rings is 2. The maximum absolute atomic E-state index is 13.8. The van der Waals surface area contributed by atoms with Gasteiger partial charge in [0, 0.05) is 27.8 Å². The summed E-state index contributed by atoms with van der Waals surface area (Å²) in [6, 6.07) is 3.83. The lowest BCUT2D eigenvalue weighted by molar-refractivity contribution is 0.214. The summed E-state index contributed by atoms with van der Waals surface area (Å²) < 4.78 is 54.0. The van der Waals surface area contributed by atoms with E-state index >= 15 is 0 Å². The van der Waals surface area contributed by atoms with Gasteiger partial charge in [-0.2, -0.15) is 0 Å². The maximum Gasteiger partial charge on any atom is 0.163 e. The Hall–Kier alpha value is -1.53. The van der Waals surface area contributed by atoms with Crippen molar-refractivity contribution in [3.8, 4) is 0 Å². The summed E-state index contributed by atoms with van der Waals surface area (Å²) in [6.07, 6.45) is -1.39. The Kier molecular flexibility index (Phi) is 3.22. The van der Waals surface area contributed by atoms with Crippen LogP contribution in [0.1, 0.15) is 22.8 Å². The van der Waals surface area contributed by atoms with Crippen LogP contribution in [0.4, 0.5) is 17.6 Å². The number of thioether (sulfide) groups is 1. The molecule has 0 saturated carbocycles. The molecule has 0 fully saturated rings. The molecule has 2 aromatic rings. The Morgan fingerprint density at radius 1 is 1.00 bits per heavy atom. The van der Waals surface area contributed by atoms with E-state index in [0.29, 0.717) is 6.07 Å². The first kappa shape index (κ1) is 13.5. The van der Waals surface area contributed by atoms with E-state index in [1.165, 1.54) is 6.07 Å². The molecule has 0 saturated heterocycles. The summed E-state index contributed by atoms with van der Waals surface area (Å²) in [6.45, 7) is 0. The summed E-state index contributed by atoms with van der Waals surface area (Å²) in [5, 5.41) is 10.2. The number of aliphatic hydroxyl groups excluding tert-OH is 1. The van der Waals surface area contributed by atoms with Gasteiger partial charge in [-0.3, -0.25) is 0 Å². The Morgan fingerprint density at radius 2 is 1.75 bits per heavy atom. The first-order chi connectivity index (χ1) is 9.49. The van der Waals surface area contributed by atoms with Gasteiger partial charge in [0.1, 0.15) is 17.7 Å².